The summed E-state index contributed by atoms with van der Waals surface area (Å²) in [7, 11) is -0.806. The molecule has 40 heavy (non-hydrogen) atoms. The molecule has 0 saturated heterocycles. The maximum atomic E-state index is 2.63. The largest absolute Gasteiger partial charge is 0.0753 e. The van der Waals surface area contributed by atoms with Crippen molar-refractivity contribution in [3.8, 4) is 0 Å². The van der Waals surface area contributed by atoms with E-state index in [-0.39, 0.29) is 23.8 Å². The van der Waals surface area contributed by atoms with Gasteiger partial charge in [-0.3, -0.25) is 0 Å². The highest BCUT2D eigenvalue weighted by atomic mass is 31.1. The standard InChI is InChI=1S/C36H54P4/c1-7-22-37(23-8-2)31-16-13-19-34(28-31)40(35-20-14-17-32(29-35)38(24-9-3)25-10-4)36-21-15-18-33(30-36)39(26-11-5)27-12-6/h13-21,28-30H,7-12,22-27H2,1-6H3. The zero-order valence-corrected chi connectivity index (χ0v) is 29.8. The number of hydrogen-bond acceptors (Lipinski definition) is 0. The van der Waals surface area contributed by atoms with Gasteiger partial charge >= 0.3 is 0 Å². The molecule has 0 heterocycles. The lowest BCUT2D eigenvalue weighted by atomic mass is 10.3. The molecule has 4 heteroatoms. The van der Waals surface area contributed by atoms with E-state index in [9.17, 15) is 0 Å². The molecule has 0 aliphatic carbocycles. The van der Waals surface area contributed by atoms with Crippen LogP contribution in [0.3, 0.4) is 0 Å². The summed E-state index contributed by atoms with van der Waals surface area (Å²) in [5.41, 5.74) is 0. The molecule has 0 bridgehead atoms. The molecule has 0 radical (unpaired) electrons. The fraction of sp³-hybridized carbons (Fsp3) is 0.500. The van der Waals surface area contributed by atoms with Crippen LogP contribution in [-0.4, -0.2) is 37.0 Å². The molecule has 0 aliphatic rings. The van der Waals surface area contributed by atoms with Gasteiger partial charge < -0.3 is 0 Å². The first-order valence-corrected chi connectivity index (χ1v) is 22.4. The van der Waals surface area contributed by atoms with Crippen molar-refractivity contribution in [1.82, 2.24) is 0 Å². The predicted octanol–water partition coefficient (Wildman–Crippen LogP) is 9.23. The van der Waals surface area contributed by atoms with Crippen molar-refractivity contribution in [3.63, 3.8) is 0 Å². The van der Waals surface area contributed by atoms with E-state index in [1.54, 1.807) is 31.8 Å². The van der Waals surface area contributed by atoms with Crippen molar-refractivity contribution in [3.05, 3.63) is 72.8 Å². The summed E-state index contributed by atoms with van der Waals surface area (Å²) in [6.07, 6.45) is 15.8. The van der Waals surface area contributed by atoms with Gasteiger partial charge in [0.1, 0.15) is 0 Å². The molecular formula is C36H54P4. The predicted molar refractivity (Wildman–Crippen MR) is 196 cm³/mol. The van der Waals surface area contributed by atoms with Gasteiger partial charge in [-0.15, -0.1) is 0 Å². The molecule has 0 nitrogen and oxygen atoms in total. The topological polar surface area (TPSA) is 0 Å². The first kappa shape index (κ1) is 33.9. The van der Waals surface area contributed by atoms with Crippen molar-refractivity contribution in [2.75, 3.05) is 37.0 Å². The second-order valence-electron chi connectivity index (χ2n) is 10.9. The second kappa shape index (κ2) is 18.8. The van der Waals surface area contributed by atoms with E-state index >= 15 is 0 Å². The molecule has 0 spiro atoms. The molecule has 0 aliphatic heterocycles. The minimum absolute atomic E-state index is 0.0708. The van der Waals surface area contributed by atoms with E-state index in [1.165, 1.54) is 75.5 Å². The lowest BCUT2D eigenvalue weighted by molar-refractivity contribution is 1.06. The summed E-state index contributed by atoms with van der Waals surface area (Å²) in [5.74, 6) is 0. The van der Waals surface area contributed by atoms with Crippen molar-refractivity contribution >= 4 is 63.5 Å². The monoisotopic (exact) mass is 610 g/mol. The molecule has 0 unspecified atom stereocenters. The Balaban J connectivity index is 2.16. The first-order valence-electron chi connectivity index (χ1n) is 15.9. The van der Waals surface area contributed by atoms with Crippen LogP contribution in [0.5, 0.6) is 0 Å². The van der Waals surface area contributed by atoms with E-state index in [1.807, 2.05) is 0 Å². The molecule has 0 amide bonds. The zero-order chi connectivity index (χ0) is 28.7. The third-order valence-corrected chi connectivity index (χ3v) is 18.7. The molecular weight excluding hydrogens is 556 g/mol. The lowest BCUT2D eigenvalue weighted by Crippen LogP contribution is -2.26. The molecule has 3 aromatic rings. The van der Waals surface area contributed by atoms with Crippen LogP contribution >= 0.6 is 31.7 Å². The maximum Gasteiger partial charge on any atom is -0.0134 e. The lowest BCUT2D eigenvalue weighted by Gasteiger charge is -2.25. The van der Waals surface area contributed by atoms with Crippen LogP contribution in [0.2, 0.25) is 0 Å². The van der Waals surface area contributed by atoms with Crippen LogP contribution in [0.15, 0.2) is 72.8 Å². The van der Waals surface area contributed by atoms with E-state index in [0.29, 0.717) is 0 Å². The van der Waals surface area contributed by atoms with Gasteiger partial charge in [0.25, 0.3) is 0 Å². The molecule has 0 aromatic heterocycles. The average molecular weight is 611 g/mol. The fourth-order valence-corrected chi connectivity index (χ4v) is 15.7. The molecule has 3 rings (SSSR count). The van der Waals surface area contributed by atoms with E-state index < -0.39 is 7.92 Å². The van der Waals surface area contributed by atoms with Crippen molar-refractivity contribution < 1.29 is 0 Å². The van der Waals surface area contributed by atoms with Crippen LogP contribution in [-0.2, 0) is 0 Å². The zero-order valence-electron chi connectivity index (χ0n) is 26.2. The van der Waals surface area contributed by atoms with Gasteiger partial charge in [0.05, 0.1) is 0 Å². The van der Waals surface area contributed by atoms with Crippen LogP contribution in [0.4, 0.5) is 0 Å². The van der Waals surface area contributed by atoms with E-state index in [0.717, 1.165) is 0 Å². The Kier molecular flexibility index (Phi) is 15.9. The highest BCUT2D eigenvalue weighted by molar-refractivity contribution is 7.80. The molecule has 0 fully saturated rings. The summed E-state index contributed by atoms with van der Waals surface area (Å²) in [4.78, 5) is 0. The summed E-state index contributed by atoms with van der Waals surface area (Å²) < 4.78 is 0. The van der Waals surface area contributed by atoms with Gasteiger partial charge in [-0.25, -0.2) is 0 Å². The number of hydrogen-bond donors (Lipinski definition) is 0. The van der Waals surface area contributed by atoms with Gasteiger partial charge in [0.2, 0.25) is 0 Å². The van der Waals surface area contributed by atoms with E-state index in [4.69, 9.17) is 0 Å². The third kappa shape index (κ3) is 9.71. The third-order valence-electron chi connectivity index (χ3n) is 7.32. The van der Waals surface area contributed by atoms with Crippen LogP contribution in [0, 0.1) is 0 Å². The van der Waals surface area contributed by atoms with Gasteiger partial charge in [-0.05, 0) is 94.9 Å². The van der Waals surface area contributed by atoms with E-state index in [2.05, 4.69) is 114 Å². The Morgan fingerprint density at radius 2 is 0.575 bits per heavy atom. The minimum atomic E-state index is -0.593. The number of benzene rings is 3. The number of rotatable bonds is 18. The fourth-order valence-electron chi connectivity index (χ4n) is 5.66. The molecule has 0 N–H and O–H groups in total. The summed E-state index contributed by atoms with van der Waals surface area (Å²) in [5, 5.41) is 9.50. The van der Waals surface area contributed by atoms with Gasteiger partial charge in [0, 0.05) is 0 Å². The highest BCUT2D eigenvalue weighted by Crippen LogP contribution is 2.41. The Labute approximate surface area is 252 Å². The molecule has 218 valence electrons. The Morgan fingerprint density at radius 3 is 0.800 bits per heavy atom. The molecule has 0 saturated carbocycles. The molecule has 3 aromatic carbocycles. The van der Waals surface area contributed by atoms with Gasteiger partial charge in [-0.1, -0.05) is 158 Å². The Bertz CT molecular complexity index is 968. The Morgan fingerprint density at radius 1 is 0.350 bits per heavy atom. The maximum absolute atomic E-state index is 2.63. The normalized spacial score (nSPS) is 11.8. The second-order valence-corrected chi connectivity index (χ2v) is 20.5. The highest BCUT2D eigenvalue weighted by Gasteiger charge is 2.21. The smallest absolute Gasteiger partial charge is 0.0134 e. The van der Waals surface area contributed by atoms with Crippen molar-refractivity contribution in [2.24, 2.45) is 0 Å². The molecule has 0 atom stereocenters. The quantitative estimate of drug-likeness (QED) is 0.126. The van der Waals surface area contributed by atoms with Crippen molar-refractivity contribution in [1.29, 1.82) is 0 Å². The first-order chi connectivity index (χ1) is 19.6. The summed E-state index contributed by atoms with van der Waals surface area (Å²) in [6.45, 7) is 14.1. The summed E-state index contributed by atoms with van der Waals surface area (Å²) in [6, 6.07) is 29.6. The average Bonchev–Trinajstić information content (AvgIpc) is 2.97. The van der Waals surface area contributed by atoms with Crippen LogP contribution < -0.4 is 31.8 Å². The van der Waals surface area contributed by atoms with Crippen LogP contribution in [0.1, 0.15) is 80.1 Å². The Hall–Kier alpha value is -0.620. The van der Waals surface area contributed by atoms with Gasteiger partial charge in [0.15, 0.2) is 0 Å². The van der Waals surface area contributed by atoms with Crippen LogP contribution in [0.25, 0.3) is 0 Å². The van der Waals surface area contributed by atoms with Crippen molar-refractivity contribution in [2.45, 2.75) is 80.1 Å². The summed E-state index contributed by atoms with van der Waals surface area (Å²) >= 11 is 0. The SMILES string of the molecule is CCCP(CCC)c1cccc(P(c2cccc(P(CCC)CCC)c2)c2cccc(P(CCC)CCC)c2)c1. The minimum Gasteiger partial charge on any atom is -0.0753 e. The van der Waals surface area contributed by atoms with Gasteiger partial charge in [-0.2, -0.15) is 0 Å².